The highest BCUT2D eigenvalue weighted by molar-refractivity contribution is 7.90. The van der Waals surface area contributed by atoms with Crippen LogP contribution in [0.25, 0.3) is 5.69 Å². The number of amidine groups is 1. The van der Waals surface area contributed by atoms with Crippen molar-refractivity contribution in [1.29, 1.82) is 0 Å². The lowest BCUT2D eigenvalue weighted by Gasteiger charge is -2.10. The Hall–Kier alpha value is -3.53. The van der Waals surface area contributed by atoms with Gasteiger partial charge in [-0.1, -0.05) is 29.5 Å². The minimum atomic E-state index is -3.57. The molecule has 0 fully saturated rings. The van der Waals surface area contributed by atoms with E-state index in [0.29, 0.717) is 17.1 Å². The Kier molecular flexibility index (Phi) is 4.19. The fourth-order valence-corrected chi connectivity index (χ4v) is 4.15. The summed E-state index contributed by atoms with van der Waals surface area (Å²) in [6.45, 7) is 1.87. The predicted octanol–water partition coefficient (Wildman–Crippen LogP) is 1.17. The maximum atomic E-state index is 12.2. The van der Waals surface area contributed by atoms with Crippen LogP contribution in [0.4, 0.5) is 0 Å². The zero-order chi connectivity index (χ0) is 19.9. The van der Waals surface area contributed by atoms with Crippen molar-refractivity contribution in [2.75, 3.05) is 0 Å². The van der Waals surface area contributed by atoms with E-state index >= 15 is 0 Å². The third kappa shape index (κ3) is 3.14. The van der Waals surface area contributed by atoms with Gasteiger partial charge in [0.2, 0.25) is 0 Å². The summed E-state index contributed by atoms with van der Waals surface area (Å²) in [5, 5.41) is 7.57. The van der Waals surface area contributed by atoms with E-state index in [4.69, 9.17) is 5.73 Å². The number of sulfonamides is 1. The molecular weight excluding hydrogens is 380 g/mol. The van der Waals surface area contributed by atoms with Crippen LogP contribution in [0.2, 0.25) is 0 Å². The molecule has 1 atom stereocenters. The van der Waals surface area contributed by atoms with E-state index in [9.17, 15) is 13.2 Å². The van der Waals surface area contributed by atoms with Crippen molar-refractivity contribution >= 4 is 21.8 Å². The number of aromatic nitrogens is 3. The number of carbonyl (C=O) groups excluding carboxylic acids is 1. The Bertz CT molecular complexity index is 1200. The van der Waals surface area contributed by atoms with Gasteiger partial charge in [-0.05, 0) is 36.8 Å². The topological polar surface area (TPSA) is 132 Å². The fourth-order valence-electron chi connectivity index (χ4n) is 2.91. The molecule has 2 aromatic carbocycles. The van der Waals surface area contributed by atoms with Crippen LogP contribution < -0.4 is 10.5 Å². The lowest BCUT2D eigenvalue weighted by atomic mass is 10.1. The van der Waals surface area contributed by atoms with Gasteiger partial charge in [0.05, 0.1) is 22.8 Å². The number of benzene rings is 2. The monoisotopic (exact) mass is 396 g/mol. The Morgan fingerprint density at radius 1 is 1.18 bits per heavy atom. The van der Waals surface area contributed by atoms with Crippen LogP contribution >= 0.6 is 0 Å². The van der Waals surface area contributed by atoms with Crippen LogP contribution in [0.5, 0.6) is 0 Å². The van der Waals surface area contributed by atoms with Crippen molar-refractivity contribution in [3.63, 3.8) is 0 Å². The van der Waals surface area contributed by atoms with Crippen molar-refractivity contribution in [3.05, 3.63) is 71.5 Å². The molecule has 0 saturated heterocycles. The molecule has 10 heteroatoms. The van der Waals surface area contributed by atoms with E-state index in [0.717, 1.165) is 5.56 Å². The minimum absolute atomic E-state index is 0.0797. The van der Waals surface area contributed by atoms with Gasteiger partial charge in [-0.15, -0.1) is 5.10 Å². The largest absolute Gasteiger partial charge is 0.364 e. The van der Waals surface area contributed by atoms with Crippen LogP contribution in [0.1, 0.15) is 34.6 Å². The number of amides is 1. The second-order valence-electron chi connectivity index (χ2n) is 6.26. The summed E-state index contributed by atoms with van der Waals surface area (Å²) < 4.78 is 28.3. The lowest BCUT2D eigenvalue weighted by Crippen LogP contribution is -2.22. The highest BCUT2D eigenvalue weighted by Crippen LogP contribution is 2.25. The molecule has 3 aromatic rings. The number of rotatable bonds is 4. The average molecular weight is 396 g/mol. The summed E-state index contributed by atoms with van der Waals surface area (Å²) in [4.78, 5) is 15.9. The van der Waals surface area contributed by atoms with E-state index in [-0.39, 0.29) is 16.6 Å². The van der Waals surface area contributed by atoms with Crippen molar-refractivity contribution in [2.24, 2.45) is 10.7 Å². The second kappa shape index (κ2) is 6.57. The van der Waals surface area contributed by atoms with Gasteiger partial charge in [0.25, 0.3) is 15.9 Å². The Morgan fingerprint density at radius 3 is 2.57 bits per heavy atom. The molecule has 9 nitrogen and oxygen atoms in total. The van der Waals surface area contributed by atoms with Gasteiger partial charge in [0.1, 0.15) is 5.84 Å². The van der Waals surface area contributed by atoms with Gasteiger partial charge < -0.3 is 5.73 Å². The van der Waals surface area contributed by atoms with Crippen molar-refractivity contribution in [1.82, 2.24) is 19.7 Å². The smallest absolute Gasteiger partial charge is 0.270 e. The van der Waals surface area contributed by atoms with E-state index in [1.165, 1.54) is 10.9 Å². The van der Waals surface area contributed by atoms with Gasteiger partial charge >= 0.3 is 0 Å². The maximum absolute atomic E-state index is 12.2. The van der Waals surface area contributed by atoms with Gasteiger partial charge in [0, 0.05) is 5.56 Å². The molecule has 3 N–H and O–H groups in total. The first-order valence-electron chi connectivity index (χ1n) is 8.38. The van der Waals surface area contributed by atoms with Crippen LogP contribution in [0.15, 0.2) is 64.6 Å². The number of hydrogen-bond acceptors (Lipinski definition) is 6. The quantitative estimate of drug-likeness (QED) is 0.683. The molecule has 1 aliphatic rings. The highest BCUT2D eigenvalue weighted by Gasteiger charge is 2.30. The summed E-state index contributed by atoms with van der Waals surface area (Å²) in [7, 11) is -3.57. The molecule has 1 aromatic heterocycles. The summed E-state index contributed by atoms with van der Waals surface area (Å²) in [5.41, 5.74) is 7.41. The first-order chi connectivity index (χ1) is 13.3. The highest BCUT2D eigenvalue weighted by atomic mass is 32.2. The van der Waals surface area contributed by atoms with E-state index in [1.54, 1.807) is 36.4 Å². The fraction of sp³-hybridized carbons (Fsp3) is 0.111. The SMILES string of the molecule is CC(N=C1NS(=O)(=O)c2ccccc21)c1ccc(-n2cc(C(N)=O)nn2)cc1. The molecule has 1 amide bonds. The molecule has 1 unspecified atom stereocenters. The zero-order valence-corrected chi connectivity index (χ0v) is 15.6. The number of carbonyl (C=O) groups is 1. The Labute approximate surface area is 161 Å². The Morgan fingerprint density at radius 2 is 1.89 bits per heavy atom. The third-order valence-corrected chi connectivity index (χ3v) is 5.77. The third-order valence-electron chi connectivity index (χ3n) is 4.37. The lowest BCUT2D eigenvalue weighted by molar-refractivity contribution is 0.0995. The van der Waals surface area contributed by atoms with Crippen molar-refractivity contribution in [3.8, 4) is 5.69 Å². The summed E-state index contributed by atoms with van der Waals surface area (Å²) >= 11 is 0. The van der Waals surface area contributed by atoms with Crippen LogP contribution in [0.3, 0.4) is 0 Å². The number of nitrogens with two attached hydrogens (primary N) is 1. The van der Waals surface area contributed by atoms with Crippen LogP contribution in [0, 0.1) is 0 Å². The Balaban J connectivity index is 1.60. The predicted molar refractivity (Wildman–Crippen MR) is 102 cm³/mol. The summed E-state index contributed by atoms with van der Waals surface area (Å²) in [5.74, 6) is -0.318. The average Bonchev–Trinajstić information content (AvgIpc) is 3.26. The molecule has 0 spiro atoms. The molecule has 0 bridgehead atoms. The van der Waals surface area contributed by atoms with Gasteiger partial charge in [-0.2, -0.15) is 0 Å². The normalized spacial score (nSPS) is 17.1. The number of fused-ring (bicyclic) bond motifs is 1. The van der Waals surface area contributed by atoms with Crippen LogP contribution in [-0.2, 0) is 10.0 Å². The molecule has 142 valence electrons. The van der Waals surface area contributed by atoms with Gasteiger partial charge in [-0.25, -0.2) is 13.1 Å². The number of primary amides is 1. The minimum Gasteiger partial charge on any atom is -0.364 e. The van der Waals surface area contributed by atoms with E-state index in [1.807, 2.05) is 19.1 Å². The zero-order valence-electron chi connectivity index (χ0n) is 14.8. The van der Waals surface area contributed by atoms with Gasteiger partial charge in [0.15, 0.2) is 5.69 Å². The number of hydrogen-bond donors (Lipinski definition) is 2. The molecule has 2 heterocycles. The van der Waals surface area contributed by atoms with Crippen molar-refractivity contribution in [2.45, 2.75) is 17.9 Å². The molecule has 0 radical (unpaired) electrons. The number of aliphatic imine (C=N–C) groups is 1. The van der Waals surface area contributed by atoms with Crippen molar-refractivity contribution < 1.29 is 13.2 Å². The molecule has 0 saturated carbocycles. The van der Waals surface area contributed by atoms with E-state index < -0.39 is 15.9 Å². The van der Waals surface area contributed by atoms with Gasteiger partial charge in [-0.3, -0.25) is 14.5 Å². The molecule has 1 aliphatic heterocycles. The molecule has 4 rings (SSSR count). The van der Waals surface area contributed by atoms with Crippen LogP contribution in [-0.4, -0.2) is 35.2 Å². The molecular formula is C18H16N6O3S. The summed E-state index contributed by atoms with van der Waals surface area (Å²) in [6.07, 6.45) is 1.45. The molecule has 28 heavy (non-hydrogen) atoms. The standard InChI is InChI=1S/C18H16N6O3S/c1-11(20-18-14-4-2-3-5-16(14)28(26,27)22-18)12-6-8-13(9-7-12)24-10-15(17(19)25)21-23-24/h2-11H,1H3,(H2,19,25)(H,20,22). The number of nitrogens with zero attached hydrogens (tertiary/aromatic N) is 4. The first-order valence-corrected chi connectivity index (χ1v) is 9.86. The number of nitrogens with one attached hydrogen (secondary N) is 1. The first kappa shape index (κ1) is 17.9. The summed E-state index contributed by atoms with van der Waals surface area (Å²) in [6, 6.07) is 13.8. The second-order valence-corrected chi connectivity index (χ2v) is 7.91. The van der Waals surface area contributed by atoms with E-state index in [2.05, 4.69) is 20.0 Å². The molecule has 0 aliphatic carbocycles. The maximum Gasteiger partial charge on any atom is 0.270 e.